The summed E-state index contributed by atoms with van der Waals surface area (Å²) in [6, 6.07) is 19.4. The number of benzene rings is 3. The van der Waals surface area contributed by atoms with Crippen molar-refractivity contribution in [3.63, 3.8) is 0 Å². The lowest BCUT2D eigenvalue weighted by Gasteiger charge is -2.13. The highest BCUT2D eigenvalue weighted by molar-refractivity contribution is 5.90. The molecule has 0 saturated heterocycles. The molecule has 0 saturated carbocycles. The maximum atomic E-state index is 12.6. The van der Waals surface area contributed by atoms with E-state index in [-0.39, 0.29) is 5.92 Å². The average molecular weight is 511 g/mol. The molecule has 3 aromatic rings. The molecule has 0 aliphatic carbocycles. The molecular weight excluding hydrogens is 480 g/mol. The molecule has 0 fully saturated rings. The van der Waals surface area contributed by atoms with Crippen molar-refractivity contribution in [2.24, 2.45) is 5.92 Å². The van der Waals surface area contributed by atoms with Crippen molar-refractivity contribution < 1.29 is 28.6 Å². The van der Waals surface area contributed by atoms with Gasteiger partial charge in [-0.2, -0.15) is 0 Å². The lowest BCUT2D eigenvalue weighted by molar-refractivity contribution is -0.130. The van der Waals surface area contributed by atoms with Crippen LogP contribution in [0.2, 0.25) is 0 Å². The van der Waals surface area contributed by atoms with Gasteiger partial charge in [-0.25, -0.2) is 14.4 Å². The van der Waals surface area contributed by atoms with E-state index in [4.69, 9.17) is 14.2 Å². The summed E-state index contributed by atoms with van der Waals surface area (Å²) < 4.78 is 16.3. The van der Waals surface area contributed by atoms with Crippen molar-refractivity contribution in [3.8, 4) is 39.5 Å². The minimum absolute atomic E-state index is 0.195. The predicted molar refractivity (Wildman–Crippen MR) is 148 cm³/mol. The lowest BCUT2D eigenvalue weighted by Crippen LogP contribution is -2.08. The topological polar surface area (TPSA) is 78.9 Å². The van der Waals surface area contributed by atoms with Crippen LogP contribution in [-0.4, -0.2) is 17.9 Å². The number of carbonyl (C=O) groups is 3. The average Bonchev–Trinajstić information content (AvgIpc) is 2.88. The third-order valence-electron chi connectivity index (χ3n) is 5.28. The van der Waals surface area contributed by atoms with Crippen LogP contribution in [0, 0.1) is 5.92 Å². The smallest absolute Gasteiger partial charge is 0.338 e. The molecular formula is C32H30O6. The molecule has 3 rings (SSSR count). The van der Waals surface area contributed by atoms with E-state index in [1.54, 1.807) is 62.4 Å². The summed E-state index contributed by atoms with van der Waals surface area (Å²) in [5, 5.41) is 0. The molecule has 3 aromatic carbocycles. The van der Waals surface area contributed by atoms with Crippen LogP contribution in [0.4, 0.5) is 0 Å². The highest BCUT2D eigenvalue weighted by Gasteiger charge is 2.14. The van der Waals surface area contributed by atoms with Gasteiger partial charge in [0, 0.05) is 22.8 Å². The fourth-order valence-corrected chi connectivity index (χ4v) is 3.24. The van der Waals surface area contributed by atoms with E-state index in [0.29, 0.717) is 34.0 Å². The Morgan fingerprint density at radius 2 is 1.16 bits per heavy atom. The van der Waals surface area contributed by atoms with E-state index in [1.807, 2.05) is 38.1 Å². The van der Waals surface area contributed by atoms with Crippen LogP contribution >= 0.6 is 0 Å². The maximum absolute atomic E-state index is 12.6. The van der Waals surface area contributed by atoms with Gasteiger partial charge in [0.15, 0.2) is 0 Å². The number of rotatable bonds is 9. The molecule has 0 aliphatic heterocycles. The summed E-state index contributed by atoms with van der Waals surface area (Å²) in [7, 11) is 0. The fraction of sp³-hybridized carbons (Fsp3) is 0.156. The van der Waals surface area contributed by atoms with Crippen molar-refractivity contribution in [1.82, 2.24) is 0 Å². The summed E-state index contributed by atoms with van der Waals surface area (Å²) in [4.78, 5) is 36.2. The first-order chi connectivity index (χ1) is 18.0. The van der Waals surface area contributed by atoms with E-state index in [0.717, 1.165) is 16.7 Å². The Kier molecular flexibility index (Phi) is 9.17. The highest BCUT2D eigenvalue weighted by Crippen LogP contribution is 2.36. The van der Waals surface area contributed by atoms with Gasteiger partial charge in [0.05, 0.1) is 0 Å². The van der Waals surface area contributed by atoms with Gasteiger partial charge in [0.1, 0.15) is 17.2 Å². The molecule has 38 heavy (non-hydrogen) atoms. The Morgan fingerprint density at radius 3 is 1.63 bits per heavy atom. The zero-order chi connectivity index (χ0) is 27.8. The Balaban J connectivity index is 1.94. The molecule has 0 aromatic heterocycles. The molecule has 0 aliphatic rings. The van der Waals surface area contributed by atoms with Gasteiger partial charge < -0.3 is 14.2 Å². The van der Waals surface area contributed by atoms with Crippen molar-refractivity contribution in [2.45, 2.75) is 27.7 Å². The lowest BCUT2D eigenvalue weighted by atomic mass is 9.99. The van der Waals surface area contributed by atoms with Crippen LogP contribution in [0.3, 0.4) is 0 Å². The number of esters is 3. The van der Waals surface area contributed by atoms with Crippen molar-refractivity contribution in [3.05, 3.63) is 103 Å². The molecule has 0 atom stereocenters. The Hall–Kier alpha value is -4.71. The number of ether oxygens (including phenoxy) is 3. The largest absolute Gasteiger partial charge is 0.423 e. The number of hydrogen-bond acceptors (Lipinski definition) is 6. The predicted octanol–water partition coefficient (Wildman–Crippen LogP) is 7.10. The van der Waals surface area contributed by atoms with Crippen molar-refractivity contribution in [2.75, 3.05) is 0 Å². The van der Waals surface area contributed by atoms with Gasteiger partial charge in [-0.3, -0.25) is 0 Å². The van der Waals surface area contributed by atoms with Crippen LogP contribution in [0.15, 0.2) is 103 Å². The highest BCUT2D eigenvalue weighted by atomic mass is 16.5. The summed E-state index contributed by atoms with van der Waals surface area (Å²) >= 11 is 0. The number of carbonyl (C=O) groups excluding carboxylic acids is 3. The number of allylic oxidation sites excluding steroid dienone is 1. The van der Waals surface area contributed by atoms with Gasteiger partial charge in [0.25, 0.3) is 0 Å². The van der Waals surface area contributed by atoms with Crippen molar-refractivity contribution >= 4 is 17.9 Å². The van der Waals surface area contributed by atoms with Gasteiger partial charge in [-0.1, -0.05) is 69.5 Å². The van der Waals surface area contributed by atoms with Crippen LogP contribution in [0.5, 0.6) is 17.2 Å². The van der Waals surface area contributed by atoms with Gasteiger partial charge in [-0.15, -0.1) is 0 Å². The fourth-order valence-electron chi connectivity index (χ4n) is 3.24. The second kappa shape index (κ2) is 12.5. The first-order valence-corrected chi connectivity index (χ1v) is 12.0. The second-order valence-corrected chi connectivity index (χ2v) is 9.12. The minimum atomic E-state index is -0.505. The quantitative estimate of drug-likeness (QED) is 0.174. The SMILES string of the molecule is C=C(C)C(=O)Oc1ccc(-c2ccc(-c3ccc(OC(=O)C(=C)C)cc3)c(OC(=O)/C=C/C(C)C)c2)cc1. The van der Waals surface area contributed by atoms with E-state index >= 15 is 0 Å². The molecule has 6 nitrogen and oxygen atoms in total. The zero-order valence-corrected chi connectivity index (χ0v) is 21.9. The van der Waals surface area contributed by atoms with Crippen LogP contribution in [0.25, 0.3) is 22.3 Å². The number of hydrogen-bond donors (Lipinski definition) is 0. The standard InChI is InChI=1S/C32H30O6/c1-20(2)7-18-30(33)38-29-19-25(23-8-13-26(14-9-23)36-31(34)21(3)4)12-17-28(29)24-10-15-27(16-11-24)37-32(35)22(5)6/h7-20H,3,5H2,1-2,4,6H3/b18-7+. The van der Waals surface area contributed by atoms with Crippen molar-refractivity contribution in [1.29, 1.82) is 0 Å². The Morgan fingerprint density at radius 1 is 0.684 bits per heavy atom. The van der Waals surface area contributed by atoms with Gasteiger partial charge in [-0.05, 0) is 66.8 Å². The van der Waals surface area contributed by atoms with E-state index in [9.17, 15) is 14.4 Å². The molecule has 194 valence electrons. The first kappa shape index (κ1) is 27.9. The monoisotopic (exact) mass is 510 g/mol. The molecule has 0 N–H and O–H groups in total. The van der Waals surface area contributed by atoms with E-state index in [1.165, 1.54) is 6.08 Å². The maximum Gasteiger partial charge on any atom is 0.338 e. The summed E-state index contributed by atoms with van der Waals surface area (Å²) in [6.45, 7) is 14.3. The van der Waals surface area contributed by atoms with E-state index < -0.39 is 17.9 Å². The summed E-state index contributed by atoms with van der Waals surface area (Å²) in [5.74, 6) is -0.155. The molecule has 0 spiro atoms. The van der Waals surface area contributed by atoms with Gasteiger partial charge >= 0.3 is 17.9 Å². The van der Waals surface area contributed by atoms with Gasteiger partial charge in [0.2, 0.25) is 0 Å². The third-order valence-corrected chi connectivity index (χ3v) is 5.28. The molecule has 6 heteroatoms. The van der Waals surface area contributed by atoms with E-state index in [2.05, 4.69) is 13.2 Å². The first-order valence-electron chi connectivity index (χ1n) is 12.0. The summed E-state index contributed by atoms with van der Waals surface area (Å²) in [6.07, 6.45) is 3.17. The van der Waals surface area contributed by atoms with Crippen LogP contribution in [-0.2, 0) is 14.4 Å². The summed E-state index contributed by atoms with van der Waals surface area (Å²) in [5.41, 5.74) is 3.70. The second-order valence-electron chi connectivity index (χ2n) is 9.12. The molecule has 0 radical (unpaired) electrons. The molecule has 0 unspecified atom stereocenters. The third kappa shape index (κ3) is 7.64. The normalized spacial score (nSPS) is 10.8. The molecule has 0 bridgehead atoms. The zero-order valence-electron chi connectivity index (χ0n) is 21.9. The molecule has 0 amide bonds. The Bertz CT molecular complexity index is 1390. The Labute approximate surface area is 222 Å². The van der Waals surface area contributed by atoms with Crippen LogP contribution in [0.1, 0.15) is 27.7 Å². The molecule has 0 heterocycles. The van der Waals surface area contributed by atoms with Crippen LogP contribution < -0.4 is 14.2 Å². The minimum Gasteiger partial charge on any atom is -0.423 e.